The van der Waals surface area contributed by atoms with Crippen LogP contribution in [0.25, 0.3) is 34.3 Å². The first-order valence-electron chi connectivity index (χ1n) is 9.11. The molecule has 150 valence electrons. The third-order valence-corrected chi connectivity index (χ3v) is 5.51. The van der Waals surface area contributed by atoms with Crippen molar-refractivity contribution < 1.29 is 9.47 Å². The summed E-state index contributed by atoms with van der Waals surface area (Å²) < 4.78 is 11.1. The zero-order chi connectivity index (χ0) is 19.8. The van der Waals surface area contributed by atoms with Gasteiger partial charge in [0.15, 0.2) is 11.5 Å². The van der Waals surface area contributed by atoms with E-state index in [2.05, 4.69) is 0 Å². The minimum atomic E-state index is 0. The Morgan fingerprint density at radius 2 is 1.43 bits per heavy atom. The molecule has 1 aromatic heterocycles. The van der Waals surface area contributed by atoms with Gasteiger partial charge in [0.25, 0.3) is 0 Å². The van der Waals surface area contributed by atoms with Gasteiger partial charge in [-0.05, 0) is 35.4 Å². The predicted octanol–water partition coefficient (Wildman–Crippen LogP) is 7.53. The van der Waals surface area contributed by atoms with E-state index in [9.17, 15) is 0 Å². The van der Waals surface area contributed by atoms with E-state index in [1.165, 1.54) is 0 Å². The maximum atomic E-state index is 6.43. The van der Waals surface area contributed by atoms with E-state index in [-0.39, 0.29) is 19.2 Å². The van der Waals surface area contributed by atoms with Crippen molar-refractivity contribution in [3.63, 3.8) is 0 Å². The normalized spacial score (nSPS) is 12.3. The Bertz CT molecular complexity index is 1270. The van der Waals surface area contributed by atoms with Crippen LogP contribution in [0.1, 0.15) is 11.1 Å². The minimum absolute atomic E-state index is 0. The molecule has 6 heteroatoms. The van der Waals surface area contributed by atoms with Gasteiger partial charge in [-0.1, -0.05) is 71.8 Å². The quantitative estimate of drug-likeness (QED) is 0.319. The summed E-state index contributed by atoms with van der Waals surface area (Å²) in [7, 11) is 0. The number of nitrogens with zero attached hydrogens (tertiary/aromatic N) is 1. The highest BCUT2D eigenvalue weighted by molar-refractivity contribution is 6.33. The van der Waals surface area contributed by atoms with Crippen molar-refractivity contribution in [2.45, 2.75) is 0 Å². The molecule has 3 aromatic carbocycles. The lowest BCUT2D eigenvalue weighted by Gasteiger charge is -2.10. The van der Waals surface area contributed by atoms with E-state index >= 15 is 0 Å². The van der Waals surface area contributed by atoms with Crippen LogP contribution in [0.2, 0.25) is 10.0 Å². The fourth-order valence-corrected chi connectivity index (χ4v) is 3.81. The molecule has 0 spiro atoms. The number of aromatic nitrogens is 1. The molecule has 0 radical (unpaired) electrons. The summed E-state index contributed by atoms with van der Waals surface area (Å²) in [6.07, 6.45) is 4.03. The topological polar surface area (TPSA) is 31.4 Å². The molecular weight excluding hydrogens is 441 g/mol. The summed E-state index contributed by atoms with van der Waals surface area (Å²) in [5.74, 6) is 1.42. The molecule has 0 aliphatic carbocycles. The van der Waals surface area contributed by atoms with Gasteiger partial charge in [0.05, 0.1) is 11.2 Å². The van der Waals surface area contributed by atoms with Gasteiger partial charge in [0.1, 0.15) is 0 Å². The van der Waals surface area contributed by atoms with Crippen LogP contribution in [0, 0.1) is 0 Å². The third kappa shape index (κ3) is 3.84. The van der Waals surface area contributed by atoms with Crippen LogP contribution in [0.3, 0.4) is 0 Å². The highest BCUT2D eigenvalue weighted by atomic mass is 35.5. The largest absolute Gasteiger partial charge is 0.454 e. The summed E-state index contributed by atoms with van der Waals surface area (Å²) in [5.41, 5.74) is 4.41. The van der Waals surface area contributed by atoms with Crippen LogP contribution in [-0.2, 0) is 0 Å². The van der Waals surface area contributed by atoms with Crippen LogP contribution in [-0.4, -0.2) is 11.8 Å². The van der Waals surface area contributed by atoms with Crippen LogP contribution in [0.4, 0.5) is 0 Å². The Hall–Kier alpha value is -2.72. The van der Waals surface area contributed by atoms with Gasteiger partial charge in [-0.25, -0.2) is 4.98 Å². The third-order valence-electron chi connectivity index (χ3n) is 4.83. The van der Waals surface area contributed by atoms with E-state index < -0.39 is 0 Å². The lowest BCUT2D eigenvalue weighted by Crippen LogP contribution is -1.92. The van der Waals surface area contributed by atoms with Gasteiger partial charge < -0.3 is 9.47 Å². The van der Waals surface area contributed by atoms with Crippen molar-refractivity contribution in [3.8, 4) is 22.8 Å². The fourth-order valence-electron chi connectivity index (χ4n) is 3.38. The van der Waals surface area contributed by atoms with Gasteiger partial charge in [0.2, 0.25) is 6.79 Å². The zero-order valence-electron chi connectivity index (χ0n) is 15.6. The Labute approximate surface area is 190 Å². The number of fused-ring (bicyclic) bond motifs is 2. The fraction of sp³-hybridized carbons (Fsp3) is 0.0417. The molecule has 3 nitrogen and oxygen atoms in total. The molecule has 0 atom stereocenters. The Kier molecular flexibility index (Phi) is 5.87. The van der Waals surface area contributed by atoms with E-state index in [1.54, 1.807) is 0 Å². The van der Waals surface area contributed by atoms with Crippen molar-refractivity contribution in [1.82, 2.24) is 4.98 Å². The molecule has 2 heterocycles. The molecule has 0 bridgehead atoms. The van der Waals surface area contributed by atoms with Gasteiger partial charge in [-0.2, -0.15) is 0 Å². The second-order valence-corrected chi connectivity index (χ2v) is 7.47. The van der Waals surface area contributed by atoms with E-state index in [0.717, 1.165) is 39.0 Å². The molecule has 1 aliphatic rings. The molecule has 5 rings (SSSR count). The van der Waals surface area contributed by atoms with Gasteiger partial charge >= 0.3 is 0 Å². The molecular formula is C24H16Cl3NO2. The second-order valence-electron chi connectivity index (χ2n) is 6.65. The Morgan fingerprint density at radius 3 is 2.20 bits per heavy atom. The molecule has 0 amide bonds. The Balaban J connectivity index is 0.00000218. The Morgan fingerprint density at radius 1 is 0.767 bits per heavy atom. The van der Waals surface area contributed by atoms with Crippen molar-refractivity contribution in [1.29, 1.82) is 0 Å². The van der Waals surface area contributed by atoms with Crippen molar-refractivity contribution in [2.75, 3.05) is 6.79 Å². The first-order valence-corrected chi connectivity index (χ1v) is 9.86. The standard InChI is InChI=1S/C24H15Cl2NO2.ClH/c25-19-7-3-1-5-15(19)9-10-16-11-21(17-6-2-4-8-20(17)26)27-22-13-24-23(12-18(16)22)28-14-29-24;/h1-13H,14H2;1H. The summed E-state index contributed by atoms with van der Waals surface area (Å²) in [6.45, 7) is 0.216. The second kappa shape index (κ2) is 8.57. The van der Waals surface area contributed by atoms with Gasteiger partial charge in [-0.15, -0.1) is 12.4 Å². The lowest BCUT2D eigenvalue weighted by atomic mass is 10.0. The smallest absolute Gasteiger partial charge is 0.231 e. The molecule has 0 saturated carbocycles. The van der Waals surface area contributed by atoms with E-state index in [0.29, 0.717) is 15.8 Å². The van der Waals surface area contributed by atoms with Crippen LogP contribution in [0.15, 0.2) is 66.7 Å². The zero-order valence-corrected chi connectivity index (χ0v) is 18.0. The SMILES string of the molecule is Cl.Clc1ccccc1C=Cc1cc(-c2ccccc2Cl)nc2cc3c(cc12)OCO3. The van der Waals surface area contributed by atoms with Gasteiger partial charge in [0, 0.05) is 27.1 Å². The molecule has 1 aliphatic heterocycles. The summed E-state index contributed by atoms with van der Waals surface area (Å²) in [5, 5.41) is 2.32. The van der Waals surface area contributed by atoms with Crippen LogP contribution < -0.4 is 9.47 Å². The highest BCUT2D eigenvalue weighted by Crippen LogP contribution is 2.39. The van der Waals surface area contributed by atoms with Crippen molar-refractivity contribution in [2.24, 2.45) is 0 Å². The predicted molar refractivity (Wildman–Crippen MR) is 126 cm³/mol. The number of pyridine rings is 1. The van der Waals surface area contributed by atoms with Crippen molar-refractivity contribution in [3.05, 3.63) is 87.9 Å². The number of hydrogen-bond donors (Lipinski definition) is 0. The minimum Gasteiger partial charge on any atom is -0.454 e. The maximum Gasteiger partial charge on any atom is 0.231 e. The lowest BCUT2D eigenvalue weighted by molar-refractivity contribution is 0.174. The molecule has 4 aromatic rings. The monoisotopic (exact) mass is 455 g/mol. The van der Waals surface area contributed by atoms with E-state index in [4.69, 9.17) is 37.7 Å². The first-order chi connectivity index (χ1) is 14.2. The molecule has 0 fully saturated rings. The van der Waals surface area contributed by atoms with Crippen LogP contribution >= 0.6 is 35.6 Å². The van der Waals surface area contributed by atoms with Crippen LogP contribution in [0.5, 0.6) is 11.5 Å². The number of halogens is 3. The molecule has 30 heavy (non-hydrogen) atoms. The average molecular weight is 457 g/mol. The molecule has 0 unspecified atom stereocenters. The van der Waals surface area contributed by atoms with Gasteiger partial charge in [-0.3, -0.25) is 0 Å². The summed E-state index contributed by atoms with van der Waals surface area (Å²) in [6, 6.07) is 21.3. The number of benzene rings is 3. The van der Waals surface area contributed by atoms with Crippen molar-refractivity contribution >= 4 is 58.7 Å². The molecule has 0 saturated heterocycles. The maximum absolute atomic E-state index is 6.43. The number of hydrogen-bond acceptors (Lipinski definition) is 3. The summed E-state index contributed by atoms with van der Waals surface area (Å²) in [4.78, 5) is 4.84. The van der Waals surface area contributed by atoms with E-state index in [1.807, 2.05) is 78.9 Å². The number of ether oxygens (including phenoxy) is 2. The number of rotatable bonds is 3. The summed E-state index contributed by atoms with van der Waals surface area (Å²) >= 11 is 12.7. The first kappa shape index (κ1) is 20.5. The molecule has 0 N–H and O–H groups in total. The average Bonchev–Trinajstić information content (AvgIpc) is 3.19. The highest BCUT2D eigenvalue weighted by Gasteiger charge is 2.17.